The summed E-state index contributed by atoms with van der Waals surface area (Å²) < 4.78 is 15.9. The number of benzene rings is 3. The van der Waals surface area contributed by atoms with Crippen LogP contribution in [0.25, 0.3) is 0 Å². The van der Waals surface area contributed by atoms with Crippen molar-refractivity contribution in [1.82, 2.24) is 4.90 Å². The van der Waals surface area contributed by atoms with Crippen molar-refractivity contribution in [2.24, 2.45) is 0 Å². The fourth-order valence-electron chi connectivity index (χ4n) is 4.23. The molecule has 0 aliphatic carbocycles. The van der Waals surface area contributed by atoms with Crippen LogP contribution in [0, 0.1) is 0 Å². The third-order valence-electron chi connectivity index (χ3n) is 6.06. The molecule has 0 atom stereocenters. The number of rotatable bonds is 9. The van der Waals surface area contributed by atoms with Crippen molar-refractivity contribution >= 4 is 23.3 Å². The van der Waals surface area contributed by atoms with E-state index in [0.29, 0.717) is 36.8 Å². The number of hydrogen-bond acceptors (Lipinski definition) is 5. The Morgan fingerprint density at radius 1 is 0.833 bits per heavy atom. The molecule has 3 aromatic carbocycles. The van der Waals surface area contributed by atoms with Gasteiger partial charge in [0.1, 0.15) is 17.2 Å². The third kappa shape index (κ3) is 6.07. The van der Waals surface area contributed by atoms with Crippen LogP contribution in [0.15, 0.2) is 66.7 Å². The zero-order chi connectivity index (χ0) is 25.5. The summed E-state index contributed by atoms with van der Waals surface area (Å²) in [5, 5.41) is 2.94. The van der Waals surface area contributed by atoms with Gasteiger partial charge in [0.05, 0.1) is 27.8 Å². The minimum Gasteiger partial charge on any atom is -0.497 e. The van der Waals surface area contributed by atoms with Crippen molar-refractivity contribution in [2.75, 3.05) is 44.6 Å². The molecular weight excluding hydrogens is 458 g/mol. The molecule has 3 amide bonds. The van der Waals surface area contributed by atoms with Crippen LogP contribution < -0.4 is 24.4 Å². The van der Waals surface area contributed by atoms with E-state index >= 15 is 0 Å². The second kappa shape index (κ2) is 11.5. The summed E-state index contributed by atoms with van der Waals surface area (Å²) in [6.07, 6.45) is 1.08. The monoisotopic (exact) mass is 489 g/mol. The molecule has 1 N–H and O–H groups in total. The Kier molecular flexibility index (Phi) is 7.95. The topological polar surface area (TPSA) is 80.3 Å². The maximum absolute atomic E-state index is 13.4. The number of carbonyl (C=O) groups is 2. The summed E-state index contributed by atoms with van der Waals surface area (Å²) in [5.41, 5.74) is 3.21. The van der Waals surface area contributed by atoms with E-state index in [-0.39, 0.29) is 18.4 Å². The van der Waals surface area contributed by atoms with Gasteiger partial charge in [-0.3, -0.25) is 9.69 Å². The first-order valence-electron chi connectivity index (χ1n) is 11.8. The van der Waals surface area contributed by atoms with Gasteiger partial charge in [-0.2, -0.15) is 0 Å². The molecule has 0 unspecified atom stereocenters. The van der Waals surface area contributed by atoms with Gasteiger partial charge in [-0.25, -0.2) is 4.79 Å². The van der Waals surface area contributed by atoms with Crippen LogP contribution in [0.3, 0.4) is 0 Å². The molecule has 1 aliphatic rings. The van der Waals surface area contributed by atoms with Crippen molar-refractivity contribution in [3.63, 3.8) is 0 Å². The van der Waals surface area contributed by atoms with Gasteiger partial charge < -0.3 is 24.4 Å². The Morgan fingerprint density at radius 3 is 2.19 bits per heavy atom. The largest absolute Gasteiger partial charge is 0.497 e. The Balaban J connectivity index is 1.43. The van der Waals surface area contributed by atoms with Gasteiger partial charge in [0.2, 0.25) is 5.91 Å². The second-order valence-electron chi connectivity index (χ2n) is 8.55. The minimum absolute atomic E-state index is 0.0789. The van der Waals surface area contributed by atoms with Crippen molar-refractivity contribution in [2.45, 2.75) is 19.4 Å². The molecule has 1 heterocycles. The highest BCUT2D eigenvalue weighted by molar-refractivity contribution is 5.96. The fraction of sp³-hybridized carbons (Fsp3) is 0.286. The van der Waals surface area contributed by atoms with Crippen molar-refractivity contribution in [3.8, 4) is 17.2 Å². The van der Waals surface area contributed by atoms with Gasteiger partial charge >= 0.3 is 6.03 Å². The number of nitrogens with one attached hydrogen (secondary N) is 1. The molecule has 0 spiro atoms. The molecular formula is C28H31N3O5. The van der Waals surface area contributed by atoms with Crippen LogP contribution in [-0.2, 0) is 17.8 Å². The van der Waals surface area contributed by atoms with Crippen molar-refractivity contribution in [1.29, 1.82) is 0 Å². The van der Waals surface area contributed by atoms with E-state index in [4.69, 9.17) is 14.2 Å². The number of hydrogen-bond donors (Lipinski definition) is 1. The first-order valence-corrected chi connectivity index (χ1v) is 11.8. The van der Waals surface area contributed by atoms with Crippen LogP contribution in [0.4, 0.5) is 16.2 Å². The number of amides is 3. The summed E-state index contributed by atoms with van der Waals surface area (Å²) in [6.45, 7) is 1.72. The lowest BCUT2D eigenvalue weighted by Crippen LogP contribution is -2.49. The first kappa shape index (κ1) is 24.9. The van der Waals surface area contributed by atoms with Crippen molar-refractivity contribution in [3.05, 3.63) is 77.9 Å². The summed E-state index contributed by atoms with van der Waals surface area (Å²) >= 11 is 0. The molecule has 8 nitrogen and oxygen atoms in total. The zero-order valence-electron chi connectivity index (χ0n) is 20.8. The van der Waals surface area contributed by atoms with Gasteiger partial charge in [-0.1, -0.05) is 18.2 Å². The molecule has 36 heavy (non-hydrogen) atoms. The van der Waals surface area contributed by atoms with E-state index in [1.807, 2.05) is 71.6 Å². The molecule has 1 aliphatic heterocycles. The predicted octanol–water partition coefficient (Wildman–Crippen LogP) is 4.73. The molecule has 0 radical (unpaired) electrons. The molecule has 188 valence electrons. The molecule has 3 aromatic rings. The SMILES string of the molecule is COc1ccc(CC(=O)Nc2cccc(N3CCCN(Cc4cc(OC)cc(OC)c4)C3=O)c2)cc1. The maximum Gasteiger partial charge on any atom is 0.324 e. The van der Waals surface area contributed by atoms with Gasteiger partial charge in [0.25, 0.3) is 0 Å². The predicted molar refractivity (Wildman–Crippen MR) is 139 cm³/mol. The second-order valence-corrected chi connectivity index (χ2v) is 8.55. The summed E-state index contributed by atoms with van der Waals surface area (Å²) in [7, 11) is 4.82. The van der Waals surface area contributed by atoms with Crippen molar-refractivity contribution < 1.29 is 23.8 Å². The van der Waals surface area contributed by atoms with E-state index in [1.54, 1.807) is 26.2 Å². The van der Waals surface area contributed by atoms with Crippen LogP contribution in [0.5, 0.6) is 17.2 Å². The lowest BCUT2D eigenvalue weighted by Gasteiger charge is -2.36. The highest BCUT2D eigenvalue weighted by atomic mass is 16.5. The van der Waals surface area contributed by atoms with E-state index in [9.17, 15) is 9.59 Å². The highest BCUT2D eigenvalue weighted by Gasteiger charge is 2.27. The fourth-order valence-corrected chi connectivity index (χ4v) is 4.23. The van der Waals surface area contributed by atoms with Gasteiger partial charge in [-0.05, 0) is 60.0 Å². The van der Waals surface area contributed by atoms with Gasteiger partial charge in [0.15, 0.2) is 0 Å². The summed E-state index contributed by atoms with van der Waals surface area (Å²) in [6, 6.07) is 20.3. The smallest absolute Gasteiger partial charge is 0.324 e. The van der Waals surface area contributed by atoms with Crippen LogP contribution in [0.2, 0.25) is 0 Å². The van der Waals surface area contributed by atoms with Gasteiger partial charge in [0, 0.05) is 37.1 Å². The molecule has 1 saturated heterocycles. The van der Waals surface area contributed by atoms with E-state index in [2.05, 4.69) is 5.32 Å². The van der Waals surface area contributed by atoms with Crippen LogP contribution in [-0.4, -0.2) is 51.3 Å². The minimum atomic E-state index is -0.129. The average Bonchev–Trinajstić information content (AvgIpc) is 2.90. The lowest BCUT2D eigenvalue weighted by atomic mass is 10.1. The standard InChI is InChI=1S/C28H31N3O5/c1-34-24-10-8-20(9-11-24)16-27(32)29-22-6-4-7-23(17-22)31-13-5-12-30(28(31)33)19-21-14-25(35-2)18-26(15-21)36-3/h4,6-11,14-15,17-18H,5,12-13,16,19H2,1-3H3,(H,29,32). The normalized spacial score (nSPS) is 13.4. The first-order chi connectivity index (χ1) is 17.5. The molecule has 4 rings (SSSR count). The van der Waals surface area contributed by atoms with Gasteiger partial charge in [-0.15, -0.1) is 0 Å². The molecule has 0 saturated carbocycles. The molecule has 1 fully saturated rings. The number of nitrogens with zero attached hydrogens (tertiary/aromatic N) is 2. The van der Waals surface area contributed by atoms with Crippen LogP contribution >= 0.6 is 0 Å². The molecule has 8 heteroatoms. The van der Waals surface area contributed by atoms with Crippen LogP contribution in [0.1, 0.15) is 17.5 Å². The summed E-state index contributed by atoms with van der Waals surface area (Å²) in [5.74, 6) is 1.99. The Labute approximate surface area is 211 Å². The lowest BCUT2D eigenvalue weighted by molar-refractivity contribution is -0.115. The highest BCUT2D eigenvalue weighted by Crippen LogP contribution is 2.27. The number of ether oxygens (including phenoxy) is 3. The maximum atomic E-state index is 13.4. The molecule has 0 aromatic heterocycles. The Morgan fingerprint density at radius 2 is 1.53 bits per heavy atom. The molecule has 0 bridgehead atoms. The zero-order valence-corrected chi connectivity index (χ0v) is 20.8. The number of methoxy groups -OCH3 is 3. The van der Waals surface area contributed by atoms with E-state index < -0.39 is 0 Å². The number of carbonyl (C=O) groups excluding carboxylic acids is 2. The van der Waals surface area contributed by atoms with E-state index in [0.717, 1.165) is 29.0 Å². The third-order valence-corrected chi connectivity index (χ3v) is 6.06. The average molecular weight is 490 g/mol. The number of urea groups is 1. The van der Waals surface area contributed by atoms with E-state index in [1.165, 1.54) is 0 Å². The number of anilines is 2. The Bertz CT molecular complexity index is 1190. The summed E-state index contributed by atoms with van der Waals surface area (Å²) in [4.78, 5) is 29.5. The quantitative estimate of drug-likeness (QED) is 0.470. The Hall–Kier alpha value is -4.20.